The van der Waals surface area contributed by atoms with Crippen LogP contribution >= 0.6 is 11.6 Å². The molecule has 2 aliphatic heterocycles. The summed E-state index contributed by atoms with van der Waals surface area (Å²) in [5, 5.41) is 3.57. The normalized spacial score (nSPS) is 26.5. The van der Waals surface area contributed by atoms with Crippen molar-refractivity contribution in [3.8, 4) is 11.6 Å². The van der Waals surface area contributed by atoms with Crippen molar-refractivity contribution in [1.29, 1.82) is 0 Å². The summed E-state index contributed by atoms with van der Waals surface area (Å²) in [5.74, 6) is 0.316. The third kappa shape index (κ3) is 8.70. The molecule has 3 aliphatic rings. The van der Waals surface area contributed by atoms with Gasteiger partial charge in [0.2, 0.25) is 6.20 Å². The second-order valence-corrected chi connectivity index (χ2v) is 16.2. The molecule has 1 saturated carbocycles. The molecule has 1 fully saturated rings. The van der Waals surface area contributed by atoms with Crippen LogP contribution < -0.4 is 19.1 Å². The van der Waals surface area contributed by atoms with Crippen molar-refractivity contribution in [1.82, 2.24) is 10.1 Å². The predicted octanol–water partition coefficient (Wildman–Crippen LogP) is 5.73. The summed E-state index contributed by atoms with van der Waals surface area (Å²) in [5.41, 5.74) is 3.51. The van der Waals surface area contributed by atoms with Crippen LogP contribution in [0, 0.1) is 17.8 Å². The largest absolute Gasteiger partial charge is 0.490 e. The SMILES string of the molecule is COc1[nH][n+](C)cc1C(=O)N=CS1(=O)=NC(=O)c2ccc3c(n2)N(Cc2ccc(Cl)cc2CCCCO3)C[C@@H]2CC[C@H]2[C@@H](OC)/C=C/C[C@H](C)C1. The maximum Gasteiger partial charge on any atom is 0.304 e. The van der Waals surface area contributed by atoms with Crippen LogP contribution in [0.15, 0.2) is 58.0 Å². The minimum atomic E-state index is -3.47. The number of amides is 2. The number of nitrogens with one attached hydrogen (secondary N) is 1. The molecular weight excluding hydrogens is 692 g/mol. The number of aromatic amines is 1. The Balaban J connectivity index is 1.45. The minimum Gasteiger partial charge on any atom is -0.490 e. The number of H-pyrrole nitrogens is 1. The molecule has 272 valence electrons. The molecule has 2 amide bonds. The summed E-state index contributed by atoms with van der Waals surface area (Å²) in [6, 6.07) is 9.33. The van der Waals surface area contributed by atoms with Gasteiger partial charge in [0.15, 0.2) is 24.2 Å². The second kappa shape index (κ2) is 16.1. The number of allylic oxidation sites excluding steroid dienone is 1. The van der Waals surface area contributed by atoms with Gasteiger partial charge >= 0.3 is 5.91 Å². The van der Waals surface area contributed by atoms with Crippen LogP contribution in [0.2, 0.25) is 5.02 Å². The van der Waals surface area contributed by atoms with E-state index in [2.05, 4.69) is 37.6 Å². The van der Waals surface area contributed by atoms with Gasteiger partial charge in [-0.3, -0.25) is 9.59 Å². The fourth-order valence-electron chi connectivity index (χ4n) is 7.06. The van der Waals surface area contributed by atoms with Crippen molar-refractivity contribution in [2.24, 2.45) is 34.2 Å². The monoisotopic (exact) mass is 737 g/mol. The molecule has 4 heterocycles. The highest BCUT2D eigenvalue weighted by molar-refractivity contribution is 8.06. The molecule has 1 unspecified atom stereocenters. The average Bonchev–Trinajstić information content (AvgIpc) is 3.47. The number of halogens is 1. The smallest absolute Gasteiger partial charge is 0.304 e. The Kier molecular flexibility index (Phi) is 11.6. The first kappa shape index (κ1) is 36.7. The number of ether oxygens (including phenoxy) is 3. The molecule has 1 aliphatic carbocycles. The number of carbonyl (C=O) groups is 2. The number of hydrogen-bond donors (Lipinski definition) is 1. The summed E-state index contributed by atoms with van der Waals surface area (Å²) in [6.07, 6.45) is 10.8. The number of anilines is 1. The van der Waals surface area contributed by atoms with Gasteiger partial charge in [-0.15, -0.1) is 9.78 Å². The van der Waals surface area contributed by atoms with Crippen molar-refractivity contribution < 1.29 is 32.7 Å². The van der Waals surface area contributed by atoms with E-state index in [-0.39, 0.29) is 40.8 Å². The number of aliphatic imine (C=N–C) groups is 1. The number of nitrogens with zero attached hydrogens (tertiary/aromatic N) is 5. The number of carbonyl (C=O) groups excluding carboxylic acids is 2. The number of aryl methyl sites for hydroxylation is 2. The van der Waals surface area contributed by atoms with E-state index in [4.69, 9.17) is 30.8 Å². The maximum atomic E-state index is 14.5. The van der Waals surface area contributed by atoms with Crippen LogP contribution in [0.1, 0.15) is 71.0 Å². The van der Waals surface area contributed by atoms with Gasteiger partial charge in [0.25, 0.3) is 11.8 Å². The lowest BCUT2D eigenvalue weighted by Gasteiger charge is -2.43. The predicted molar refractivity (Wildman–Crippen MR) is 196 cm³/mol. The summed E-state index contributed by atoms with van der Waals surface area (Å²) in [4.78, 5) is 38.1. The molecule has 2 aromatic heterocycles. The molecule has 3 aromatic rings. The molecule has 5 atom stereocenters. The fourth-order valence-corrected chi connectivity index (χ4v) is 9.05. The van der Waals surface area contributed by atoms with Gasteiger partial charge in [-0.05, 0) is 91.7 Å². The molecule has 2 bridgehead atoms. The van der Waals surface area contributed by atoms with Crippen LogP contribution in [0.3, 0.4) is 0 Å². The van der Waals surface area contributed by atoms with Crippen LogP contribution in [0.25, 0.3) is 0 Å². The first-order valence-corrected chi connectivity index (χ1v) is 19.5. The number of pyridine rings is 1. The summed E-state index contributed by atoms with van der Waals surface area (Å²) in [6.45, 7) is 3.62. The molecule has 1 aromatic carbocycles. The maximum absolute atomic E-state index is 14.5. The lowest BCUT2D eigenvalue weighted by molar-refractivity contribution is -0.727. The zero-order valence-electron chi connectivity index (χ0n) is 29.5. The van der Waals surface area contributed by atoms with Gasteiger partial charge in [-0.25, -0.2) is 14.2 Å². The molecular formula is C37H46ClN6O6S+. The van der Waals surface area contributed by atoms with Gasteiger partial charge in [0.1, 0.15) is 11.2 Å². The lowest BCUT2D eigenvalue weighted by Crippen LogP contribution is -2.43. The van der Waals surface area contributed by atoms with Crippen LogP contribution in [0.4, 0.5) is 5.82 Å². The zero-order valence-corrected chi connectivity index (χ0v) is 31.1. The standard InChI is InChI=1S/C37H45ClN6O6S/c1-24-8-7-10-32(48-3)29-14-12-27(29)20-44-19-26-11-13-28(38)18-25(26)9-5-6-17-50-33-16-15-31(40-34(33)44)36(46)42-51(47,22-24)23-39-35(45)30-21-43(2)41-37(30)49-4/h7,10-11,13,15-16,18,21,23-24,27,29,32H,5-6,8-9,12,14,17,19-20,22H2,1-4H3/p+1/b10-7+,39-23?/t24-,27-,29+,32-,51?/m0/s1. The van der Waals surface area contributed by atoms with Gasteiger partial charge in [0, 0.05) is 31.0 Å². The fraction of sp³-hybridized carbons (Fsp3) is 0.486. The first-order chi connectivity index (χ1) is 24.6. The topological polar surface area (TPSA) is 139 Å². The van der Waals surface area contributed by atoms with Crippen molar-refractivity contribution in [2.75, 3.05) is 38.0 Å². The molecule has 12 nitrogen and oxygen atoms in total. The molecule has 6 rings (SSSR count). The number of benzene rings is 1. The number of aromatic nitrogens is 3. The van der Waals surface area contributed by atoms with Gasteiger partial charge in [-0.1, -0.05) is 36.7 Å². The number of fused-ring (bicyclic) bond motifs is 3. The molecule has 1 N–H and O–H groups in total. The van der Waals surface area contributed by atoms with Crippen molar-refractivity contribution in [3.05, 3.63) is 76.1 Å². The van der Waals surface area contributed by atoms with Crippen LogP contribution in [-0.2, 0) is 34.5 Å². The lowest BCUT2D eigenvalue weighted by atomic mass is 9.70. The molecule has 14 heteroatoms. The van der Waals surface area contributed by atoms with E-state index in [1.54, 1.807) is 31.0 Å². The highest BCUT2D eigenvalue weighted by Crippen LogP contribution is 2.41. The quantitative estimate of drug-likeness (QED) is 0.155. The summed E-state index contributed by atoms with van der Waals surface area (Å²) < 4.78 is 37.9. The second-order valence-electron chi connectivity index (χ2n) is 13.7. The third-order valence-electron chi connectivity index (χ3n) is 9.85. The van der Waals surface area contributed by atoms with Gasteiger partial charge in [0.05, 0.1) is 29.5 Å². The zero-order chi connectivity index (χ0) is 36.1. The molecule has 0 saturated heterocycles. The van der Waals surface area contributed by atoms with Crippen LogP contribution in [-0.4, -0.2) is 70.9 Å². The molecule has 51 heavy (non-hydrogen) atoms. The first-order valence-electron chi connectivity index (χ1n) is 17.4. The Hall–Kier alpha value is -4.07. The van der Waals surface area contributed by atoms with Crippen molar-refractivity contribution >= 4 is 44.5 Å². The summed E-state index contributed by atoms with van der Waals surface area (Å²) in [7, 11) is 1.40. The van der Waals surface area contributed by atoms with E-state index in [0.717, 1.165) is 43.2 Å². The Morgan fingerprint density at radius 3 is 2.80 bits per heavy atom. The minimum absolute atomic E-state index is 0.00112. The number of rotatable bonds is 4. The van der Waals surface area contributed by atoms with E-state index >= 15 is 0 Å². The Bertz CT molecular complexity index is 1950. The Morgan fingerprint density at radius 1 is 1.20 bits per heavy atom. The highest BCUT2D eigenvalue weighted by Gasteiger charge is 2.38. The molecule has 0 radical (unpaired) electrons. The molecule has 0 spiro atoms. The average molecular weight is 738 g/mol. The third-order valence-corrected chi connectivity index (χ3v) is 12.0. The van der Waals surface area contributed by atoms with E-state index in [1.807, 2.05) is 19.1 Å². The van der Waals surface area contributed by atoms with E-state index in [1.165, 1.54) is 18.9 Å². The Morgan fingerprint density at radius 2 is 2.04 bits per heavy atom. The van der Waals surface area contributed by atoms with E-state index in [9.17, 15) is 13.8 Å². The van der Waals surface area contributed by atoms with E-state index in [0.29, 0.717) is 48.6 Å². The van der Waals surface area contributed by atoms with Crippen molar-refractivity contribution in [2.45, 2.75) is 58.1 Å². The van der Waals surface area contributed by atoms with Gasteiger partial charge in [-0.2, -0.15) is 4.36 Å². The van der Waals surface area contributed by atoms with Crippen LogP contribution in [0.5, 0.6) is 11.6 Å². The summed E-state index contributed by atoms with van der Waals surface area (Å²) >= 11 is 6.45. The van der Waals surface area contributed by atoms with Crippen molar-refractivity contribution in [3.63, 3.8) is 0 Å². The van der Waals surface area contributed by atoms with Gasteiger partial charge < -0.3 is 19.1 Å². The van der Waals surface area contributed by atoms with E-state index < -0.39 is 21.5 Å². The number of hydrogen-bond acceptors (Lipinski definition) is 8. The number of methoxy groups -OCH3 is 2. The highest BCUT2D eigenvalue weighted by atomic mass is 35.5. The Labute approximate surface area is 304 Å².